The predicted molar refractivity (Wildman–Crippen MR) is 98.0 cm³/mol. The smallest absolute Gasteiger partial charge is 0.414 e. The Balaban J connectivity index is 2.02. The number of hydrogen-bond donors (Lipinski definition) is 1. The van der Waals surface area contributed by atoms with Crippen molar-refractivity contribution in [2.24, 2.45) is 0 Å². The van der Waals surface area contributed by atoms with Gasteiger partial charge in [0.05, 0.1) is 11.3 Å². The molecule has 0 radical (unpaired) electrons. The van der Waals surface area contributed by atoms with Gasteiger partial charge in [0.1, 0.15) is 17.5 Å². The van der Waals surface area contributed by atoms with E-state index in [4.69, 9.17) is 10.00 Å². The lowest BCUT2D eigenvalue weighted by molar-refractivity contribution is -0.000183. The highest BCUT2D eigenvalue weighted by molar-refractivity contribution is 5.91. The van der Waals surface area contributed by atoms with Crippen LogP contribution in [0.5, 0.6) is 0 Å². The zero-order valence-electron chi connectivity index (χ0n) is 15.0. The summed E-state index contributed by atoms with van der Waals surface area (Å²) in [5, 5.41) is 12.2. The number of carbonyl (C=O) groups excluding carboxylic acids is 1. The van der Waals surface area contributed by atoms with Crippen molar-refractivity contribution in [2.45, 2.75) is 32.3 Å². The van der Waals surface area contributed by atoms with Crippen molar-refractivity contribution < 1.29 is 13.9 Å². The molecule has 0 spiro atoms. The van der Waals surface area contributed by atoms with Crippen LogP contribution in [-0.4, -0.2) is 13.1 Å². The number of nitrogens with zero attached hydrogens (tertiary/aromatic N) is 2. The maximum absolute atomic E-state index is 13.5. The first-order valence-electron chi connectivity index (χ1n) is 8.52. The van der Waals surface area contributed by atoms with Crippen LogP contribution >= 0.6 is 0 Å². The number of ether oxygens (including phenoxy) is 1. The Morgan fingerprint density at radius 3 is 2.50 bits per heavy atom. The third kappa shape index (κ3) is 2.86. The summed E-state index contributed by atoms with van der Waals surface area (Å²) in [5.74, 6) is -0.548. The number of anilines is 3. The lowest BCUT2D eigenvalue weighted by atomic mass is 9.85. The first-order chi connectivity index (χ1) is 12.4. The maximum atomic E-state index is 13.5. The van der Waals surface area contributed by atoms with Gasteiger partial charge in [-0.1, -0.05) is 13.8 Å². The van der Waals surface area contributed by atoms with Crippen molar-refractivity contribution in [2.75, 3.05) is 17.3 Å². The molecule has 1 heterocycles. The second-order valence-corrected chi connectivity index (χ2v) is 6.29. The average Bonchev–Trinajstić information content (AvgIpc) is 2.66. The molecule has 0 saturated heterocycles. The van der Waals surface area contributed by atoms with Crippen LogP contribution in [-0.2, 0) is 10.3 Å². The standard InChI is InChI=1S/C20H20FN3O2/c1-4-20(5-2)16-11-15(7-9-18(16)24(3)19(25)26-20)23-14-6-8-17(21)13(10-14)12-22/h6-11,23H,4-5H2,1-3H3. The predicted octanol–water partition coefficient (Wildman–Crippen LogP) is 5.04. The molecule has 5 nitrogen and oxygen atoms in total. The number of fused-ring (bicyclic) bond motifs is 1. The van der Waals surface area contributed by atoms with Crippen molar-refractivity contribution in [1.82, 2.24) is 0 Å². The fourth-order valence-electron chi connectivity index (χ4n) is 3.29. The van der Waals surface area contributed by atoms with Gasteiger partial charge in [0, 0.05) is 24.0 Å². The molecule has 2 aromatic carbocycles. The Labute approximate surface area is 152 Å². The number of hydrogen-bond acceptors (Lipinski definition) is 4. The van der Waals surface area contributed by atoms with E-state index in [2.05, 4.69) is 5.32 Å². The number of benzene rings is 2. The number of nitriles is 1. The molecule has 26 heavy (non-hydrogen) atoms. The Bertz CT molecular complexity index is 900. The number of cyclic esters (lactones) is 1. The minimum Gasteiger partial charge on any atom is -0.438 e. The van der Waals surface area contributed by atoms with E-state index >= 15 is 0 Å². The lowest BCUT2D eigenvalue weighted by Crippen LogP contribution is -2.43. The number of rotatable bonds is 4. The molecule has 0 unspecified atom stereocenters. The van der Waals surface area contributed by atoms with Crippen LogP contribution in [0.1, 0.15) is 37.8 Å². The van der Waals surface area contributed by atoms with Crippen LogP contribution in [0.25, 0.3) is 0 Å². The molecule has 0 atom stereocenters. The summed E-state index contributed by atoms with van der Waals surface area (Å²) in [5.41, 5.74) is 2.44. The van der Waals surface area contributed by atoms with Gasteiger partial charge in [0.25, 0.3) is 0 Å². The van der Waals surface area contributed by atoms with Crippen molar-refractivity contribution >= 4 is 23.2 Å². The third-order valence-corrected chi connectivity index (χ3v) is 4.92. The molecule has 1 amide bonds. The van der Waals surface area contributed by atoms with Gasteiger partial charge in [-0.05, 0) is 49.2 Å². The maximum Gasteiger partial charge on any atom is 0.414 e. The van der Waals surface area contributed by atoms with Gasteiger partial charge in [0.15, 0.2) is 0 Å². The molecule has 1 aliphatic heterocycles. The number of halogens is 1. The zero-order chi connectivity index (χ0) is 18.9. The first-order valence-corrected chi connectivity index (χ1v) is 8.52. The van der Waals surface area contributed by atoms with Crippen LogP contribution in [0.15, 0.2) is 36.4 Å². The fraction of sp³-hybridized carbons (Fsp3) is 0.300. The molecule has 1 aliphatic rings. The highest BCUT2D eigenvalue weighted by Gasteiger charge is 2.41. The minimum absolute atomic E-state index is 0.0157. The van der Waals surface area contributed by atoms with E-state index in [1.807, 2.05) is 38.1 Å². The second kappa shape index (κ2) is 6.68. The summed E-state index contributed by atoms with van der Waals surface area (Å²) < 4.78 is 19.2. The number of amides is 1. The molecule has 0 saturated carbocycles. The van der Waals surface area contributed by atoms with Crippen molar-refractivity contribution in [3.8, 4) is 6.07 Å². The van der Waals surface area contributed by atoms with E-state index < -0.39 is 11.4 Å². The topological polar surface area (TPSA) is 65.4 Å². The second-order valence-electron chi connectivity index (χ2n) is 6.29. The van der Waals surface area contributed by atoms with E-state index in [-0.39, 0.29) is 11.7 Å². The van der Waals surface area contributed by atoms with Crippen LogP contribution in [0, 0.1) is 17.1 Å². The largest absolute Gasteiger partial charge is 0.438 e. The quantitative estimate of drug-likeness (QED) is 0.836. The van der Waals surface area contributed by atoms with Crippen molar-refractivity contribution in [1.29, 1.82) is 5.26 Å². The molecule has 0 aliphatic carbocycles. The zero-order valence-corrected chi connectivity index (χ0v) is 15.0. The van der Waals surface area contributed by atoms with Gasteiger partial charge in [-0.2, -0.15) is 5.26 Å². The molecule has 3 rings (SSSR count). The van der Waals surface area contributed by atoms with Gasteiger partial charge >= 0.3 is 6.09 Å². The van der Waals surface area contributed by atoms with E-state index in [1.165, 1.54) is 17.0 Å². The van der Waals surface area contributed by atoms with Gasteiger partial charge < -0.3 is 10.1 Å². The Hall–Kier alpha value is -3.07. The number of carbonyl (C=O) groups is 1. The fourth-order valence-corrected chi connectivity index (χ4v) is 3.29. The van der Waals surface area contributed by atoms with Gasteiger partial charge in [-0.25, -0.2) is 9.18 Å². The molecule has 134 valence electrons. The van der Waals surface area contributed by atoms with E-state index in [9.17, 15) is 9.18 Å². The molecular weight excluding hydrogens is 333 g/mol. The Morgan fingerprint density at radius 2 is 1.85 bits per heavy atom. The van der Waals surface area contributed by atoms with Gasteiger partial charge in [0.2, 0.25) is 0 Å². The van der Waals surface area contributed by atoms with Gasteiger partial charge in [-0.3, -0.25) is 4.90 Å². The molecule has 0 bridgehead atoms. The van der Waals surface area contributed by atoms with E-state index in [0.717, 1.165) is 16.9 Å². The Morgan fingerprint density at radius 1 is 1.19 bits per heavy atom. The highest BCUT2D eigenvalue weighted by Crippen LogP contribution is 2.44. The summed E-state index contributed by atoms with van der Waals surface area (Å²) in [7, 11) is 1.68. The first kappa shape index (κ1) is 17.7. The third-order valence-electron chi connectivity index (χ3n) is 4.92. The van der Waals surface area contributed by atoms with Crippen LogP contribution in [0.3, 0.4) is 0 Å². The molecule has 0 fully saturated rings. The van der Waals surface area contributed by atoms with Crippen LogP contribution < -0.4 is 10.2 Å². The number of nitrogens with one attached hydrogen (secondary N) is 1. The lowest BCUT2D eigenvalue weighted by Gasteiger charge is -2.41. The summed E-state index contributed by atoms with van der Waals surface area (Å²) in [6, 6.07) is 11.8. The highest BCUT2D eigenvalue weighted by atomic mass is 19.1. The summed E-state index contributed by atoms with van der Waals surface area (Å²) >= 11 is 0. The molecule has 2 aromatic rings. The average molecular weight is 353 g/mol. The molecular formula is C20H20FN3O2. The monoisotopic (exact) mass is 353 g/mol. The summed E-state index contributed by atoms with van der Waals surface area (Å²) in [6.07, 6.45) is 0.961. The van der Waals surface area contributed by atoms with Crippen molar-refractivity contribution in [3.63, 3.8) is 0 Å². The van der Waals surface area contributed by atoms with E-state index in [1.54, 1.807) is 13.1 Å². The molecule has 1 N–H and O–H groups in total. The minimum atomic E-state index is -0.669. The normalized spacial score (nSPS) is 15.0. The van der Waals surface area contributed by atoms with Gasteiger partial charge in [-0.15, -0.1) is 0 Å². The molecule has 6 heteroatoms. The molecule has 0 aromatic heterocycles. The Kier molecular flexibility index (Phi) is 4.56. The van der Waals surface area contributed by atoms with Crippen LogP contribution in [0.2, 0.25) is 0 Å². The van der Waals surface area contributed by atoms with Crippen molar-refractivity contribution in [3.05, 3.63) is 53.3 Å². The van der Waals surface area contributed by atoms with Crippen LogP contribution in [0.4, 0.5) is 26.2 Å². The summed E-state index contributed by atoms with van der Waals surface area (Å²) in [6.45, 7) is 3.98. The van der Waals surface area contributed by atoms with E-state index in [0.29, 0.717) is 18.5 Å². The summed E-state index contributed by atoms with van der Waals surface area (Å²) in [4.78, 5) is 13.7. The SMILES string of the molecule is CCC1(CC)OC(=O)N(C)c2ccc(Nc3ccc(F)c(C#N)c3)cc21.